The quantitative estimate of drug-likeness (QED) is 0.839. The first-order valence-corrected chi connectivity index (χ1v) is 8.43. The van der Waals surface area contributed by atoms with Gasteiger partial charge in [-0.25, -0.2) is 0 Å². The Bertz CT molecular complexity index is 387. The molecule has 3 rings (SSSR count). The predicted molar refractivity (Wildman–Crippen MR) is 78.7 cm³/mol. The molecule has 0 radical (unpaired) electrons. The Labute approximate surface area is 126 Å². The number of amides is 2. The molecule has 2 heterocycles. The van der Waals surface area contributed by atoms with Gasteiger partial charge in [-0.15, -0.1) is 0 Å². The summed E-state index contributed by atoms with van der Waals surface area (Å²) in [7, 11) is 0. The van der Waals surface area contributed by atoms with E-state index in [0.29, 0.717) is 18.9 Å². The van der Waals surface area contributed by atoms with Crippen molar-refractivity contribution in [1.29, 1.82) is 0 Å². The standard InChI is InChI=1S/C16H26N2O3/c19-14-6-9-18(13-7-10-21-11-8-13)16(20)15(17-14)12-4-2-1-3-5-12/h12-13,15H,1-11H2,(H,17,19). The molecular weight excluding hydrogens is 268 g/mol. The van der Waals surface area contributed by atoms with Gasteiger partial charge in [0.2, 0.25) is 11.8 Å². The number of hydrogen-bond donors (Lipinski definition) is 1. The van der Waals surface area contributed by atoms with Crippen LogP contribution in [-0.4, -0.2) is 48.6 Å². The summed E-state index contributed by atoms with van der Waals surface area (Å²) >= 11 is 0. The molecule has 21 heavy (non-hydrogen) atoms. The number of ether oxygens (including phenoxy) is 1. The molecule has 1 N–H and O–H groups in total. The fraction of sp³-hybridized carbons (Fsp3) is 0.875. The summed E-state index contributed by atoms with van der Waals surface area (Å²) in [6, 6.07) is -0.0341. The molecule has 1 unspecified atom stereocenters. The van der Waals surface area contributed by atoms with Gasteiger partial charge >= 0.3 is 0 Å². The van der Waals surface area contributed by atoms with Gasteiger partial charge in [-0.1, -0.05) is 19.3 Å². The first kappa shape index (κ1) is 14.8. The smallest absolute Gasteiger partial charge is 0.245 e. The Balaban J connectivity index is 1.74. The molecule has 0 aromatic carbocycles. The van der Waals surface area contributed by atoms with Crippen molar-refractivity contribution >= 4 is 11.8 Å². The lowest BCUT2D eigenvalue weighted by molar-refractivity contribution is -0.139. The van der Waals surface area contributed by atoms with Crippen molar-refractivity contribution in [3.8, 4) is 0 Å². The van der Waals surface area contributed by atoms with Gasteiger partial charge in [0.15, 0.2) is 0 Å². The number of carbonyl (C=O) groups excluding carboxylic acids is 2. The molecule has 1 saturated carbocycles. The molecule has 1 aliphatic carbocycles. The van der Waals surface area contributed by atoms with E-state index in [-0.39, 0.29) is 23.9 Å². The first-order chi connectivity index (χ1) is 10.3. The topological polar surface area (TPSA) is 58.6 Å². The molecule has 3 fully saturated rings. The molecule has 3 aliphatic rings. The van der Waals surface area contributed by atoms with Gasteiger partial charge in [0.05, 0.1) is 0 Å². The second-order valence-electron chi connectivity index (χ2n) is 6.57. The summed E-state index contributed by atoms with van der Waals surface area (Å²) in [5.74, 6) is 0.517. The summed E-state index contributed by atoms with van der Waals surface area (Å²) in [6.07, 6.45) is 8.00. The molecule has 0 spiro atoms. The van der Waals surface area contributed by atoms with Crippen molar-refractivity contribution in [1.82, 2.24) is 10.2 Å². The van der Waals surface area contributed by atoms with Crippen LogP contribution < -0.4 is 5.32 Å². The van der Waals surface area contributed by atoms with E-state index in [9.17, 15) is 9.59 Å². The molecule has 2 amide bonds. The number of rotatable bonds is 2. The molecule has 2 aliphatic heterocycles. The minimum atomic E-state index is -0.289. The molecule has 5 heteroatoms. The van der Waals surface area contributed by atoms with E-state index in [4.69, 9.17) is 4.74 Å². The highest BCUT2D eigenvalue weighted by Crippen LogP contribution is 2.29. The van der Waals surface area contributed by atoms with Crippen molar-refractivity contribution < 1.29 is 14.3 Å². The predicted octanol–water partition coefficient (Wildman–Crippen LogP) is 1.46. The Kier molecular flexibility index (Phi) is 4.78. The van der Waals surface area contributed by atoms with Gasteiger partial charge in [-0.3, -0.25) is 9.59 Å². The second-order valence-corrected chi connectivity index (χ2v) is 6.57. The van der Waals surface area contributed by atoms with Crippen LogP contribution in [-0.2, 0) is 14.3 Å². The molecule has 0 bridgehead atoms. The third-order valence-corrected chi connectivity index (χ3v) is 5.20. The van der Waals surface area contributed by atoms with Crippen LogP contribution in [0.4, 0.5) is 0 Å². The normalized spacial score (nSPS) is 30.1. The third kappa shape index (κ3) is 3.39. The number of hydrogen-bond acceptors (Lipinski definition) is 3. The summed E-state index contributed by atoms with van der Waals surface area (Å²) in [4.78, 5) is 26.9. The summed E-state index contributed by atoms with van der Waals surface area (Å²) < 4.78 is 5.40. The van der Waals surface area contributed by atoms with Crippen LogP contribution in [0.25, 0.3) is 0 Å². The maximum Gasteiger partial charge on any atom is 0.245 e. The van der Waals surface area contributed by atoms with Crippen molar-refractivity contribution in [3.05, 3.63) is 0 Å². The van der Waals surface area contributed by atoms with Gasteiger partial charge in [0.25, 0.3) is 0 Å². The van der Waals surface area contributed by atoms with Crippen molar-refractivity contribution in [3.63, 3.8) is 0 Å². The lowest BCUT2D eigenvalue weighted by Gasteiger charge is -2.37. The van der Waals surface area contributed by atoms with E-state index >= 15 is 0 Å². The minimum absolute atomic E-state index is 0.0356. The van der Waals surface area contributed by atoms with Crippen molar-refractivity contribution in [2.24, 2.45) is 5.92 Å². The molecule has 118 valence electrons. The summed E-state index contributed by atoms with van der Waals surface area (Å²) in [5.41, 5.74) is 0. The molecule has 0 aromatic rings. The van der Waals surface area contributed by atoms with E-state index in [1.54, 1.807) is 0 Å². The maximum atomic E-state index is 13.0. The zero-order chi connectivity index (χ0) is 14.7. The molecule has 2 saturated heterocycles. The fourth-order valence-corrected chi connectivity index (χ4v) is 3.96. The zero-order valence-corrected chi connectivity index (χ0v) is 12.7. The number of nitrogens with zero attached hydrogens (tertiary/aromatic N) is 1. The fourth-order valence-electron chi connectivity index (χ4n) is 3.96. The van der Waals surface area contributed by atoms with Gasteiger partial charge in [-0.05, 0) is 31.6 Å². The van der Waals surface area contributed by atoms with E-state index in [2.05, 4.69) is 5.32 Å². The van der Waals surface area contributed by atoms with Crippen LogP contribution >= 0.6 is 0 Å². The first-order valence-electron chi connectivity index (χ1n) is 8.43. The Morgan fingerprint density at radius 2 is 1.71 bits per heavy atom. The average Bonchev–Trinajstić information content (AvgIpc) is 2.68. The Hall–Kier alpha value is -1.10. The van der Waals surface area contributed by atoms with E-state index < -0.39 is 0 Å². The van der Waals surface area contributed by atoms with E-state index in [0.717, 1.165) is 38.9 Å². The lowest BCUT2D eigenvalue weighted by Crippen LogP contribution is -2.53. The maximum absolute atomic E-state index is 13.0. The monoisotopic (exact) mass is 294 g/mol. The SMILES string of the molecule is O=C1CCN(C2CCOCC2)C(=O)C(C2CCCCC2)N1. The third-order valence-electron chi connectivity index (χ3n) is 5.20. The van der Waals surface area contributed by atoms with Crippen LogP contribution in [0.5, 0.6) is 0 Å². The van der Waals surface area contributed by atoms with Gasteiger partial charge in [0.1, 0.15) is 6.04 Å². The molecule has 1 atom stereocenters. The van der Waals surface area contributed by atoms with Crippen molar-refractivity contribution in [2.45, 2.75) is 63.5 Å². The lowest BCUT2D eigenvalue weighted by atomic mass is 9.83. The largest absolute Gasteiger partial charge is 0.381 e. The minimum Gasteiger partial charge on any atom is -0.381 e. The molecule has 0 aromatic heterocycles. The summed E-state index contributed by atoms with van der Waals surface area (Å²) in [6.45, 7) is 2.02. The Morgan fingerprint density at radius 3 is 2.43 bits per heavy atom. The van der Waals surface area contributed by atoms with Crippen molar-refractivity contribution in [2.75, 3.05) is 19.8 Å². The number of carbonyl (C=O) groups is 2. The van der Waals surface area contributed by atoms with Gasteiger partial charge in [-0.2, -0.15) is 0 Å². The summed E-state index contributed by atoms with van der Waals surface area (Å²) in [5, 5.41) is 3.01. The highest BCUT2D eigenvalue weighted by molar-refractivity contribution is 5.90. The molecular formula is C16H26N2O3. The zero-order valence-electron chi connectivity index (χ0n) is 12.7. The van der Waals surface area contributed by atoms with Crippen LogP contribution in [0.2, 0.25) is 0 Å². The van der Waals surface area contributed by atoms with E-state index in [1.165, 1.54) is 19.3 Å². The van der Waals surface area contributed by atoms with Crippen LogP contribution in [0.15, 0.2) is 0 Å². The van der Waals surface area contributed by atoms with Gasteiger partial charge in [0, 0.05) is 32.2 Å². The van der Waals surface area contributed by atoms with Crippen LogP contribution in [0.3, 0.4) is 0 Å². The highest BCUT2D eigenvalue weighted by Gasteiger charge is 2.38. The van der Waals surface area contributed by atoms with Crippen LogP contribution in [0.1, 0.15) is 51.4 Å². The van der Waals surface area contributed by atoms with Gasteiger partial charge < -0.3 is 15.0 Å². The Morgan fingerprint density at radius 1 is 1.00 bits per heavy atom. The second kappa shape index (κ2) is 6.77. The highest BCUT2D eigenvalue weighted by atomic mass is 16.5. The molecule has 5 nitrogen and oxygen atoms in total. The van der Waals surface area contributed by atoms with E-state index in [1.807, 2.05) is 4.90 Å². The number of nitrogens with one attached hydrogen (secondary N) is 1. The van der Waals surface area contributed by atoms with Crippen LogP contribution in [0, 0.1) is 5.92 Å². The average molecular weight is 294 g/mol.